The van der Waals surface area contributed by atoms with Gasteiger partial charge in [-0.15, -0.1) is 35.3 Å². The van der Waals surface area contributed by atoms with E-state index in [-0.39, 0.29) is 30.0 Å². The van der Waals surface area contributed by atoms with Gasteiger partial charge >= 0.3 is 0 Å². The first-order chi connectivity index (χ1) is 14.2. The van der Waals surface area contributed by atoms with Gasteiger partial charge < -0.3 is 15.1 Å². The standard InChI is InChI=1S/C20H34N6OS2.HI/c1-3-21-19(22-7-6-15-28-20-23-8-16-29-20)26-13-11-24(12-14-26)17(2)18(27)25-9-4-5-10-25;/h8,16-17H,3-7,9-15H2,1-2H3,(H,21,22);1H. The molecule has 1 aromatic rings. The van der Waals surface area contributed by atoms with Crippen molar-refractivity contribution in [3.05, 3.63) is 11.6 Å². The number of hydrogen-bond donors (Lipinski definition) is 1. The van der Waals surface area contributed by atoms with Crippen molar-refractivity contribution in [1.29, 1.82) is 0 Å². The number of thiazole rings is 1. The largest absolute Gasteiger partial charge is 0.357 e. The van der Waals surface area contributed by atoms with Crippen LogP contribution in [0.2, 0.25) is 0 Å². The van der Waals surface area contributed by atoms with Crippen LogP contribution in [0.1, 0.15) is 33.1 Å². The molecule has 1 aromatic heterocycles. The molecule has 30 heavy (non-hydrogen) atoms. The van der Waals surface area contributed by atoms with E-state index in [0.29, 0.717) is 5.91 Å². The number of hydrogen-bond acceptors (Lipinski definition) is 6. The lowest BCUT2D eigenvalue weighted by Gasteiger charge is -2.39. The number of nitrogens with one attached hydrogen (secondary N) is 1. The fourth-order valence-electron chi connectivity index (χ4n) is 3.80. The summed E-state index contributed by atoms with van der Waals surface area (Å²) >= 11 is 3.50. The second-order valence-corrected chi connectivity index (χ2v) is 9.70. The average Bonchev–Trinajstić information content (AvgIpc) is 3.46. The number of carbonyl (C=O) groups is 1. The lowest BCUT2D eigenvalue weighted by molar-refractivity contribution is -0.135. The summed E-state index contributed by atoms with van der Waals surface area (Å²) in [6, 6.07) is -0.0161. The van der Waals surface area contributed by atoms with Gasteiger partial charge in [0.2, 0.25) is 5.91 Å². The maximum atomic E-state index is 12.7. The monoisotopic (exact) mass is 566 g/mol. The number of amides is 1. The molecule has 0 aromatic carbocycles. The molecule has 2 fully saturated rings. The Morgan fingerprint density at radius 3 is 2.60 bits per heavy atom. The molecule has 2 saturated heterocycles. The normalized spacial score (nSPS) is 18.9. The van der Waals surface area contributed by atoms with Crippen molar-refractivity contribution in [2.45, 2.75) is 43.5 Å². The van der Waals surface area contributed by atoms with E-state index in [1.165, 1.54) is 0 Å². The minimum absolute atomic E-state index is 0. The predicted octanol–water partition coefficient (Wildman–Crippen LogP) is 2.84. The number of aromatic nitrogens is 1. The summed E-state index contributed by atoms with van der Waals surface area (Å²) < 4.78 is 1.13. The van der Waals surface area contributed by atoms with Crippen molar-refractivity contribution < 1.29 is 4.79 Å². The molecular formula is C20H35IN6OS2. The van der Waals surface area contributed by atoms with Crippen LogP contribution in [0.4, 0.5) is 0 Å². The fourth-order valence-corrected chi connectivity index (χ4v) is 5.43. The van der Waals surface area contributed by atoms with E-state index in [4.69, 9.17) is 4.99 Å². The second-order valence-electron chi connectivity index (χ2n) is 7.47. The first kappa shape index (κ1) is 25.7. The molecule has 1 unspecified atom stereocenters. The molecule has 3 rings (SSSR count). The van der Waals surface area contributed by atoms with E-state index in [1.54, 1.807) is 23.1 Å². The maximum Gasteiger partial charge on any atom is 0.239 e. The number of piperazine rings is 1. The molecular weight excluding hydrogens is 531 g/mol. The van der Waals surface area contributed by atoms with E-state index >= 15 is 0 Å². The van der Waals surface area contributed by atoms with E-state index in [1.807, 2.05) is 16.5 Å². The summed E-state index contributed by atoms with van der Waals surface area (Å²) in [5.41, 5.74) is 0. The minimum atomic E-state index is -0.0161. The van der Waals surface area contributed by atoms with Crippen LogP contribution in [0.25, 0.3) is 0 Å². The molecule has 0 bridgehead atoms. The molecule has 1 N–H and O–H groups in total. The van der Waals surface area contributed by atoms with Gasteiger partial charge in [0.25, 0.3) is 0 Å². The van der Waals surface area contributed by atoms with Gasteiger partial charge in [-0.3, -0.25) is 14.7 Å². The predicted molar refractivity (Wildman–Crippen MR) is 137 cm³/mol. The van der Waals surface area contributed by atoms with Gasteiger partial charge in [-0.2, -0.15) is 0 Å². The summed E-state index contributed by atoms with van der Waals surface area (Å²) in [4.78, 5) is 28.5. The van der Waals surface area contributed by atoms with Crippen LogP contribution in [-0.2, 0) is 4.79 Å². The topological polar surface area (TPSA) is 64.1 Å². The quantitative estimate of drug-likeness (QED) is 0.172. The van der Waals surface area contributed by atoms with Gasteiger partial charge in [0.1, 0.15) is 4.34 Å². The maximum absolute atomic E-state index is 12.7. The van der Waals surface area contributed by atoms with E-state index < -0.39 is 0 Å². The smallest absolute Gasteiger partial charge is 0.239 e. The third-order valence-corrected chi connectivity index (χ3v) is 7.52. The molecule has 0 radical (unpaired) electrons. The molecule has 1 amide bonds. The third-order valence-electron chi connectivity index (χ3n) is 5.47. The van der Waals surface area contributed by atoms with E-state index in [0.717, 1.165) is 87.7 Å². The van der Waals surface area contributed by atoms with Crippen molar-refractivity contribution in [2.24, 2.45) is 4.99 Å². The van der Waals surface area contributed by atoms with Gasteiger partial charge in [0.05, 0.1) is 6.04 Å². The molecule has 3 heterocycles. The van der Waals surface area contributed by atoms with Crippen LogP contribution < -0.4 is 5.32 Å². The Bertz CT molecular complexity index is 646. The molecule has 170 valence electrons. The molecule has 2 aliphatic heterocycles. The average molecular weight is 567 g/mol. The Balaban J connectivity index is 0.00000320. The lowest BCUT2D eigenvalue weighted by Crippen LogP contribution is -2.57. The molecule has 0 spiro atoms. The summed E-state index contributed by atoms with van der Waals surface area (Å²) in [5, 5.41) is 5.45. The van der Waals surface area contributed by atoms with Crippen LogP contribution in [0.3, 0.4) is 0 Å². The third kappa shape index (κ3) is 7.52. The Labute approximate surface area is 206 Å². The highest BCUT2D eigenvalue weighted by Gasteiger charge is 2.30. The van der Waals surface area contributed by atoms with Gasteiger partial charge in [0.15, 0.2) is 5.96 Å². The van der Waals surface area contributed by atoms with Crippen molar-refractivity contribution in [3.8, 4) is 0 Å². The summed E-state index contributed by atoms with van der Waals surface area (Å²) in [7, 11) is 0. The number of thioether (sulfide) groups is 1. The highest BCUT2D eigenvalue weighted by atomic mass is 127. The van der Waals surface area contributed by atoms with Crippen molar-refractivity contribution in [3.63, 3.8) is 0 Å². The zero-order valence-electron chi connectivity index (χ0n) is 18.1. The lowest BCUT2D eigenvalue weighted by atomic mass is 10.2. The first-order valence-electron chi connectivity index (χ1n) is 10.8. The molecule has 0 saturated carbocycles. The van der Waals surface area contributed by atoms with Crippen LogP contribution >= 0.6 is 47.1 Å². The molecule has 7 nitrogen and oxygen atoms in total. The highest BCUT2D eigenvalue weighted by molar-refractivity contribution is 14.0. The van der Waals surface area contributed by atoms with Crippen molar-refractivity contribution in [1.82, 2.24) is 25.0 Å². The van der Waals surface area contributed by atoms with Gasteiger partial charge in [0, 0.05) is 69.7 Å². The van der Waals surface area contributed by atoms with Gasteiger partial charge in [-0.05, 0) is 33.1 Å². The summed E-state index contributed by atoms with van der Waals surface area (Å²) in [5.74, 6) is 2.35. The summed E-state index contributed by atoms with van der Waals surface area (Å²) in [6.45, 7) is 11.4. The number of nitrogens with zero attached hydrogens (tertiary/aromatic N) is 5. The van der Waals surface area contributed by atoms with Crippen molar-refractivity contribution >= 4 is 58.9 Å². The Hall–Kier alpha value is -0.590. The molecule has 2 aliphatic rings. The molecule has 10 heteroatoms. The minimum Gasteiger partial charge on any atom is -0.357 e. The van der Waals surface area contributed by atoms with Crippen molar-refractivity contribution in [2.75, 3.05) is 58.1 Å². The number of aliphatic imine (C=N–C) groups is 1. The SMILES string of the molecule is CCNC(=NCCCSc1nccs1)N1CCN(C(C)C(=O)N2CCCC2)CC1.I. The van der Waals surface area contributed by atoms with Crippen LogP contribution in [0, 0.1) is 0 Å². The Kier molecular flexibility index (Phi) is 11.8. The zero-order chi connectivity index (χ0) is 20.5. The number of guanidine groups is 1. The van der Waals surface area contributed by atoms with E-state index in [2.05, 4.69) is 33.9 Å². The molecule has 1 atom stereocenters. The number of halogens is 1. The Morgan fingerprint density at radius 1 is 1.23 bits per heavy atom. The number of carbonyl (C=O) groups excluding carboxylic acids is 1. The zero-order valence-corrected chi connectivity index (χ0v) is 22.0. The second kappa shape index (κ2) is 13.7. The number of rotatable bonds is 8. The van der Waals surface area contributed by atoms with Gasteiger partial charge in [-0.1, -0.05) is 11.8 Å². The number of likely N-dealkylation sites (tertiary alicyclic amines) is 1. The highest BCUT2D eigenvalue weighted by Crippen LogP contribution is 2.20. The van der Waals surface area contributed by atoms with Crippen LogP contribution in [0.5, 0.6) is 0 Å². The van der Waals surface area contributed by atoms with E-state index in [9.17, 15) is 4.79 Å². The van der Waals surface area contributed by atoms with Crippen LogP contribution in [0.15, 0.2) is 20.9 Å². The van der Waals surface area contributed by atoms with Gasteiger partial charge in [-0.25, -0.2) is 4.98 Å². The van der Waals surface area contributed by atoms with Crippen LogP contribution in [-0.4, -0.2) is 95.7 Å². The Morgan fingerprint density at radius 2 is 1.97 bits per heavy atom. The summed E-state index contributed by atoms with van der Waals surface area (Å²) in [6.07, 6.45) is 5.20. The fraction of sp³-hybridized carbons (Fsp3) is 0.750. The first-order valence-corrected chi connectivity index (χ1v) is 12.6. The molecule has 0 aliphatic carbocycles.